The predicted octanol–water partition coefficient (Wildman–Crippen LogP) is 1.37. The monoisotopic (exact) mass is 259 g/mol. The standard InChI is InChI=1S/C7H8O3S.C4H9NO/c1-6-2-4-7(5-3-6)11(8,9)10;1-3(2)4(5)6/h2-5H,1H3,(H,8,9,10);3H,1-2H3,(H2,5,6). The first-order valence-corrected chi connectivity index (χ1v) is 6.42. The molecule has 0 saturated heterocycles. The van der Waals surface area contributed by atoms with Gasteiger partial charge in [0.2, 0.25) is 5.91 Å². The Hall–Kier alpha value is -1.40. The molecule has 5 nitrogen and oxygen atoms in total. The van der Waals surface area contributed by atoms with E-state index in [2.05, 4.69) is 0 Å². The van der Waals surface area contributed by atoms with E-state index in [9.17, 15) is 13.2 Å². The second kappa shape index (κ2) is 6.36. The van der Waals surface area contributed by atoms with Gasteiger partial charge < -0.3 is 5.73 Å². The van der Waals surface area contributed by atoms with Crippen molar-refractivity contribution in [3.63, 3.8) is 0 Å². The number of hydrogen-bond acceptors (Lipinski definition) is 3. The summed E-state index contributed by atoms with van der Waals surface area (Å²) in [6.45, 7) is 5.37. The van der Waals surface area contributed by atoms with Crippen molar-refractivity contribution in [3.05, 3.63) is 29.8 Å². The fraction of sp³-hybridized carbons (Fsp3) is 0.364. The minimum Gasteiger partial charge on any atom is -0.369 e. The first-order chi connectivity index (χ1) is 7.64. The summed E-state index contributed by atoms with van der Waals surface area (Å²) in [5.41, 5.74) is 5.75. The summed E-state index contributed by atoms with van der Waals surface area (Å²) < 4.78 is 29.6. The smallest absolute Gasteiger partial charge is 0.294 e. The highest BCUT2D eigenvalue weighted by molar-refractivity contribution is 7.85. The highest BCUT2D eigenvalue weighted by atomic mass is 32.2. The first kappa shape index (κ1) is 15.6. The molecule has 0 spiro atoms. The summed E-state index contributed by atoms with van der Waals surface area (Å²) in [6.07, 6.45) is 0. The molecule has 96 valence electrons. The second-order valence-corrected chi connectivity index (χ2v) is 5.27. The summed E-state index contributed by atoms with van der Waals surface area (Å²) in [5, 5.41) is 0. The van der Waals surface area contributed by atoms with Crippen molar-refractivity contribution in [2.75, 3.05) is 0 Å². The zero-order chi connectivity index (χ0) is 13.6. The summed E-state index contributed by atoms with van der Waals surface area (Å²) in [7, 11) is -4.02. The van der Waals surface area contributed by atoms with Crippen LogP contribution in [0.15, 0.2) is 29.2 Å². The van der Waals surface area contributed by atoms with E-state index >= 15 is 0 Å². The molecule has 0 saturated carbocycles. The summed E-state index contributed by atoms with van der Waals surface area (Å²) >= 11 is 0. The van der Waals surface area contributed by atoms with Crippen LogP contribution in [0.25, 0.3) is 0 Å². The molecule has 0 aliphatic heterocycles. The van der Waals surface area contributed by atoms with E-state index in [0.717, 1.165) is 5.56 Å². The third-order valence-electron chi connectivity index (χ3n) is 1.89. The molecule has 0 radical (unpaired) electrons. The lowest BCUT2D eigenvalue weighted by Crippen LogP contribution is -2.17. The number of primary amides is 1. The fourth-order valence-electron chi connectivity index (χ4n) is 0.710. The molecule has 0 unspecified atom stereocenters. The Labute approximate surface area is 101 Å². The number of benzene rings is 1. The minimum absolute atomic E-state index is 0.00926. The average molecular weight is 259 g/mol. The molecule has 1 aromatic carbocycles. The Morgan fingerprint density at radius 3 is 1.82 bits per heavy atom. The number of carbonyl (C=O) groups is 1. The maximum absolute atomic E-state index is 10.5. The molecule has 0 heterocycles. The molecule has 0 fully saturated rings. The number of aryl methyl sites for hydroxylation is 1. The molecule has 6 heteroatoms. The first-order valence-electron chi connectivity index (χ1n) is 4.98. The topological polar surface area (TPSA) is 97.5 Å². The molecule has 1 rings (SSSR count). The van der Waals surface area contributed by atoms with Gasteiger partial charge in [0.25, 0.3) is 10.1 Å². The van der Waals surface area contributed by atoms with Crippen LogP contribution in [-0.4, -0.2) is 18.9 Å². The molecule has 0 aliphatic carbocycles. The molecule has 3 N–H and O–H groups in total. The molecule has 0 atom stereocenters. The Balaban J connectivity index is 0.000000366. The van der Waals surface area contributed by atoms with Gasteiger partial charge in [0.1, 0.15) is 0 Å². The van der Waals surface area contributed by atoms with Crippen LogP contribution in [0.2, 0.25) is 0 Å². The molecule has 1 amide bonds. The van der Waals surface area contributed by atoms with Gasteiger partial charge >= 0.3 is 0 Å². The molecule has 0 aromatic heterocycles. The van der Waals surface area contributed by atoms with E-state index < -0.39 is 10.1 Å². The largest absolute Gasteiger partial charge is 0.369 e. The predicted molar refractivity (Wildman–Crippen MR) is 65.0 cm³/mol. The van der Waals surface area contributed by atoms with Crippen molar-refractivity contribution in [1.82, 2.24) is 0 Å². The van der Waals surface area contributed by atoms with Gasteiger partial charge in [-0.3, -0.25) is 9.35 Å². The SMILES string of the molecule is CC(C)C(N)=O.Cc1ccc(S(=O)(=O)O)cc1. The van der Waals surface area contributed by atoms with Crippen LogP contribution >= 0.6 is 0 Å². The quantitative estimate of drug-likeness (QED) is 0.784. The summed E-state index contributed by atoms with van der Waals surface area (Å²) in [5.74, 6) is -0.250. The zero-order valence-corrected chi connectivity index (χ0v) is 10.9. The number of carbonyl (C=O) groups excluding carboxylic acids is 1. The zero-order valence-electron chi connectivity index (χ0n) is 10.0. The lowest BCUT2D eigenvalue weighted by molar-refractivity contribution is -0.120. The van der Waals surface area contributed by atoms with Crippen LogP contribution in [0.3, 0.4) is 0 Å². The van der Waals surface area contributed by atoms with Gasteiger partial charge in [0.05, 0.1) is 4.90 Å². The third-order valence-corrected chi connectivity index (χ3v) is 2.76. The van der Waals surface area contributed by atoms with Gasteiger partial charge in [-0.15, -0.1) is 0 Å². The highest BCUT2D eigenvalue weighted by Gasteiger charge is 2.06. The molecular weight excluding hydrogens is 242 g/mol. The van der Waals surface area contributed by atoms with Crippen LogP contribution in [0.4, 0.5) is 0 Å². The fourth-order valence-corrected chi connectivity index (χ4v) is 1.19. The van der Waals surface area contributed by atoms with Gasteiger partial charge in [0, 0.05) is 5.92 Å². The van der Waals surface area contributed by atoms with Crippen LogP contribution in [0, 0.1) is 12.8 Å². The number of hydrogen-bond donors (Lipinski definition) is 2. The maximum Gasteiger partial charge on any atom is 0.294 e. The Kier molecular flexibility index (Phi) is 5.84. The summed E-state index contributed by atoms with van der Waals surface area (Å²) in [6, 6.07) is 5.99. The Bertz CT molecular complexity index is 463. The minimum atomic E-state index is -4.02. The van der Waals surface area contributed by atoms with Crippen molar-refractivity contribution < 1.29 is 17.8 Å². The summed E-state index contributed by atoms with van der Waals surface area (Å²) in [4.78, 5) is 9.85. The van der Waals surface area contributed by atoms with Crippen LogP contribution < -0.4 is 5.73 Å². The van der Waals surface area contributed by atoms with Gasteiger partial charge in [0.15, 0.2) is 0 Å². The Morgan fingerprint density at radius 1 is 1.24 bits per heavy atom. The second-order valence-electron chi connectivity index (χ2n) is 3.85. The van der Waals surface area contributed by atoms with Crippen LogP contribution in [0.5, 0.6) is 0 Å². The molecule has 0 bridgehead atoms. The number of amides is 1. The van der Waals surface area contributed by atoms with Crippen molar-refractivity contribution in [1.29, 1.82) is 0 Å². The normalized spacial score (nSPS) is 10.6. The molecule has 17 heavy (non-hydrogen) atoms. The average Bonchev–Trinajstić information content (AvgIpc) is 2.17. The lowest BCUT2D eigenvalue weighted by atomic mass is 10.2. The maximum atomic E-state index is 10.5. The van der Waals surface area contributed by atoms with Crippen molar-refractivity contribution in [2.24, 2.45) is 11.7 Å². The van der Waals surface area contributed by atoms with Crippen molar-refractivity contribution >= 4 is 16.0 Å². The van der Waals surface area contributed by atoms with Gasteiger partial charge in [-0.2, -0.15) is 8.42 Å². The van der Waals surface area contributed by atoms with Crippen LogP contribution in [0.1, 0.15) is 19.4 Å². The highest BCUT2D eigenvalue weighted by Crippen LogP contribution is 2.08. The van der Waals surface area contributed by atoms with E-state index in [1.807, 2.05) is 6.92 Å². The lowest BCUT2D eigenvalue weighted by Gasteiger charge is -1.95. The van der Waals surface area contributed by atoms with Crippen molar-refractivity contribution in [3.8, 4) is 0 Å². The Morgan fingerprint density at radius 2 is 1.59 bits per heavy atom. The van der Waals surface area contributed by atoms with Gasteiger partial charge in [-0.1, -0.05) is 31.5 Å². The molecular formula is C11H17NO4S. The van der Waals surface area contributed by atoms with Gasteiger partial charge in [-0.25, -0.2) is 0 Å². The van der Waals surface area contributed by atoms with Crippen molar-refractivity contribution in [2.45, 2.75) is 25.7 Å². The molecule has 1 aromatic rings. The third kappa shape index (κ3) is 6.70. The van der Waals surface area contributed by atoms with E-state index in [1.165, 1.54) is 12.1 Å². The molecule has 0 aliphatic rings. The number of rotatable bonds is 2. The number of nitrogens with two attached hydrogens (primary N) is 1. The van der Waals surface area contributed by atoms with Gasteiger partial charge in [-0.05, 0) is 19.1 Å². The van der Waals surface area contributed by atoms with E-state index in [1.54, 1.807) is 26.0 Å². The van der Waals surface area contributed by atoms with E-state index in [0.29, 0.717) is 0 Å². The van der Waals surface area contributed by atoms with Crippen LogP contribution in [-0.2, 0) is 14.9 Å². The van der Waals surface area contributed by atoms with E-state index in [4.69, 9.17) is 10.3 Å². The van der Waals surface area contributed by atoms with E-state index in [-0.39, 0.29) is 16.7 Å².